The largest absolute Gasteiger partial charge is 0.483 e. The molecule has 0 spiro atoms. The fourth-order valence-electron chi connectivity index (χ4n) is 2.89. The molecule has 0 atom stereocenters. The highest BCUT2D eigenvalue weighted by Gasteiger charge is 2.30. The first-order valence-electron chi connectivity index (χ1n) is 9.12. The third kappa shape index (κ3) is 5.21. The van der Waals surface area contributed by atoms with E-state index in [4.69, 9.17) is 4.74 Å². The maximum atomic E-state index is 14.8. The topological polar surface area (TPSA) is 76.4 Å². The summed E-state index contributed by atoms with van der Waals surface area (Å²) in [5.74, 6) is -1.92. The lowest BCUT2D eigenvalue weighted by molar-refractivity contribution is -0.153. The second kappa shape index (κ2) is 8.76. The number of nitrogens with one attached hydrogen (secondary N) is 1. The molecule has 0 saturated heterocycles. The average molecular weight is 437 g/mol. The van der Waals surface area contributed by atoms with Crippen molar-refractivity contribution < 1.29 is 32.2 Å². The van der Waals surface area contributed by atoms with Crippen LogP contribution in [-0.4, -0.2) is 33.3 Å². The first-order chi connectivity index (χ1) is 14.6. The van der Waals surface area contributed by atoms with Crippen LogP contribution in [0.5, 0.6) is 5.75 Å². The van der Waals surface area contributed by atoms with Crippen molar-refractivity contribution in [2.45, 2.75) is 19.7 Å². The van der Waals surface area contributed by atoms with Crippen LogP contribution in [0.2, 0.25) is 0 Å². The molecule has 0 aliphatic heterocycles. The monoisotopic (exact) mass is 437 g/mol. The molecule has 0 aliphatic carbocycles. The fourth-order valence-corrected chi connectivity index (χ4v) is 2.89. The number of amides is 1. The van der Waals surface area contributed by atoms with E-state index in [1.54, 1.807) is 38.2 Å². The Balaban J connectivity index is 2.03. The molecule has 1 heterocycles. The van der Waals surface area contributed by atoms with Crippen molar-refractivity contribution in [2.75, 3.05) is 11.9 Å². The summed E-state index contributed by atoms with van der Waals surface area (Å²) in [6, 6.07) is 8.58. The van der Waals surface area contributed by atoms with Crippen LogP contribution in [0.1, 0.15) is 21.7 Å². The first-order valence-corrected chi connectivity index (χ1v) is 9.12. The summed E-state index contributed by atoms with van der Waals surface area (Å²) >= 11 is 0. The molecule has 1 amide bonds. The molecule has 6 nitrogen and oxygen atoms in total. The lowest BCUT2D eigenvalue weighted by Crippen LogP contribution is -2.21. The van der Waals surface area contributed by atoms with Crippen LogP contribution >= 0.6 is 0 Å². The molecule has 0 unspecified atom stereocenters. The van der Waals surface area contributed by atoms with Gasteiger partial charge in [-0.05, 0) is 30.7 Å². The number of aliphatic hydroxyl groups is 1. The van der Waals surface area contributed by atoms with Crippen LogP contribution < -0.4 is 10.1 Å². The Kier molecular flexibility index (Phi) is 6.30. The summed E-state index contributed by atoms with van der Waals surface area (Å²) in [7, 11) is 1.57. The highest BCUT2D eigenvalue weighted by atomic mass is 19.4. The summed E-state index contributed by atoms with van der Waals surface area (Å²) in [5, 5.41) is 11.8. The van der Waals surface area contributed by atoms with Crippen molar-refractivity contribution in [1.29, 1.82) is 0 Å². The molecule has 1 aromatic heterocycles. The molecule has 2 aromatic carbocycles. The van der Waals surface area contributed by atoms with E-state index in [0.29, 0.717) is 5.69 Å². The van der Waals surface area contributed by atoms with Gasteiger partial charge in [-0.3, -0.25) is 4.79 Å². The normalized spacial score (nSPS) is 11.5. The lowest BCUT2D eigenvalue weighted by Gasteiger charge is -2.15. The number of nitrogens with zero attached hydrogens (tertiary/aromatic N) is 2. The van der Waals surface area contributed by atoms with Crippen molar-refractivity contribution in [3.8, 4) is 17.0 Å². The number of carbonyl (C=O) groups excluding carboxylic acids is 1. The highest BCUT2D eigenvalue weighted by Crippen LogP contribution is 2.32. The van der Waals surface area contributed by atoms with Gasteiger partial charge in [0, 0.05) is 24.5 Å². The number of halogens is 4. The predicted molar refractivity (Wildman–Crippen MR) is 105 cm³/mol. The van der Waals surface area contributed by atoms with E-state index in [0.717, 1.165) is 17.7 Å². The minimum Gasteiger partial charge on any atom is -0.483 e. The lowest BCUT2D eigenvalue weighted by atomic mass is 10.1. The zero-order chi connectivity index (χ0) is 22.8. The molecule has 0 fully saturated rings. The van der Waals surface area contributed by atoms with E-state index in [9.17, 15) is 27.5 Å². The number of benzene rings is 2. The van der Waals surface area contributed by atoms with Crippen molar-refractivity contribution >= 4 is 11.6 Å². The predicted octanol–water partition coefficient (Wildman–Crippen LogP) is 4.22. The third-order valence-electron chi connectivity index (χ3n) is 4.49. The summed E-state index contributed by atoms with van der Waals surface area (Å²) in [6.07, 6.45) is -3.25. The third-order valence-corrected chi connectivity index (χ3v) is 4.49. The zero-order valence-corrected chi connectivity index (χ0v) is 16.6. The minimum absolute atomic E-state index is 0.0757. The van der Waals surface area contributed by atoms with Crippen molar-refractivity contribution in [3.05, 3.63) is 65.4 Å². The standard InChI is InChI=1S/C21H19F4N3O3/c1-12-5-3-4-6-16(12)27-20(30)14-7-15(22)13(8-18(14)31-11-21(23,24)25)17-9-28(2)19(10-29)26-17/h3-9,29H,10-11H2,1-2H3,(H,27,30). The SMILES string of the molecule is Cc1ccccc1NC(=O)c1cc(F)c(-c2cn(C)c(CO)n2)cc1OCC(F)(F)F. The number of hydrogen-bond acceptors (Lipinski definition) is 4. The van der Waals surface area contributed by atoms with Crippen molar-refractivity contribution in [2.24, 2.45) is 7.05 Å². The molecule has 2 N–H and O–H groups in total. The molecule has 0 bridgehead atoms. The summed E-state index contributed by atoms with van der Waals surface area (Å²) in [5.41, 5.74) is 0.658. The minimum atomic E-state index is -4.66. The summed E-state index contributed by atoms with van der Waals surface area (Å²) in [4.78, 5) is 16.8. The average Bonchev–Trinajstić information content (AvgIpc) is 3.08. The quantitative estimate of drug-likeness (QED) is 0.567. The number of ether oxygens (including phenoxy) is 1. The van der Waals surface area contributed by atoms with Gasteiger partial charge >= 0.3 is 6.18 Å². The van der Waals surface area contributed by atoms with Crippen LogP contribution in [0.4, 0.5) is 23.2 Å². The van der Waals surface area contributed by atoms with Crippen LogP contribution in [0, 0.1) is 12.7 Å². The van der Waals surface area contributed by atoms with Gasteiger partial charge in [-0.1, -0.05) is 18.2 Å². The second-order valence-corrected chi connectivity index (χ2v) is 6.81. The van der Waals surface area contributed by atoms with E-state index >= 15 is 0 Å². The van der Waals surface area contributed by atoms with E-state index in [1.807, 2.05) is 0 Å². The number of aliphatic hydroxyl groups excluding tert-OH is 1. The molecule has 3 aromatic rings. The number of alkyl halides is 3. The van der Waals surface area contributed by atoms with Gasteiger partial charge in [0.2, 0.25) is 0 Å². The van der Waals surface area contributed by atoms with E-state index < -0.39 is 42.4 Å². The van der Waals surface area contributed by atoms with Crippen LogP contribution in [0.25, 0.3) is 11.3 Å². The van der Waals surface area contributed by atoms with E-state index in [-0.39, 0.29) is 17.1 Å². The van der Waals surface area contributed by atoms with Crippen molar-refractivity contribution in [3.63, 3.8) is 0 Å². The van der Waals surface area contributed by atoms with Gasteiger partial charge in [0.25, 0.3) is 5.91 Å². The fraction of sp³-hybridized carbons (Fsp3) is 0.238. The maximum absolute atomic E-state index is 14.8. The number of carbonyl (C=O) groups is 1. The second-order valence-electron chi connectivity index (χ2n) is 6.81. The van der Waals surface area contributed by atoms with E-state index in [1.165, 1.54) is 10.8 Å². The molecular weight excluding hydrogens is 418 g/mol. The Morgan fingerprint density at radius 2 is 1.97 bits per heavy atom. The number of imidazole rings is 1. The van der Waals surface area contributed by atoms with Gasteiger partial charge in [-0.2, -0.15) is 13.2 Å². The Hall–Kier alpha value is -3.40. The molecule has 10 heteroatoms. The Bertz CT molecular complexity index is 1110. The summed E-state index contributed by atoms with van der Waals surface area (Å²) < 4.78 is 59.3. The summed E-state index contributed by atoms with van der Waals surface area (Å²) in [6.45, 7) is -0.334. The smallest absolute Gasteiger partial charge is 0.422 e. The molecule has 31 heavy (non-hydrogen) atoms. The van der Waals surface area contributed by atoms with E-state index in [2.05, 4.69) is 10.3 Å². The van der Waals surface area contributed by atoms with Gasteiger partial charge in [-0.25, -0.2) is 9.37 Å². The molecule has 3 rings (SSSR count). The van der Waals surface area contributed by atoms with Crippen LogP contribution in [-0.2, 0) is 13.7 Å². The van der Waals surface area contributed by atoms with Gasteiger partial charge < -0.3 is 19.7 Å². The Morgan fingerprint density at radius 3 is 2.58 bits per heavy atom. The maximum Gasteiger partial charge on any atom is 0.422 e. The van der Waals surface area contributed by atoms with Crippen LogP contribution in [0.3, 0.4) is 0 Å². The zero-order valence-electron chi connectivity index (χ0n) is 16.6. The Morgan fingerprint density at radius 1 is 1.26 bits per heavy atom. The molecule has 164 valence electrons. The van der Waals surface area contributed by atoms with Crippen LogP contribution in [0.15, 0.2) is 42.6 Å². The van der Waals surface area contributed by atoms with Gasteiger partial charge in [0.15, 0.2) is 6.61 Å². The first kappa shape index (κ1) is 22.3. The molecular formula is C21H19F4N3O3. The number of rotatable bonds is 6. The number of para-hydroxylation sites is 1. The number of hydrogen-bond donors (Lipinski definition) is 2. The molecule has 0 aliphatic rings. The number of aromatic nitrogens is 2. The number of anilines is 1. The molecule has 0 saturated carbocycles. The van der Waals surface area contributed by atoms with Gasteiger partial charge in [0.05, 0.1) is 11.3 Å². The molecule has 0 radical (unpaired) electrons. The highest BCUT2D eigenvalue weighted by molar-refractivity contribution is 6.07. The van der Waals surface area contributed by atoms with Gasteiger partial charge in [-0.15, -0.1) is 0 Å². The Labute approximate surface area is 175 Å². The van der Waals surface area contributed by atoms with Gasteiger partial charge in [0.1, 0.15) is 24.0 Å². The number of aryl methyl sites for hydroxylation is 2. The van der Waals surface area contributed by atoms with Crippen molar-refractivity contribution in [1.82, 2.24) is 9.55 Å².